The Kier molecular flexibility index (Phi) is 3.55. The van der Waals surface area contributed by atoms with Crippen LogP contribution < -0.4 is 0 Å². The molecule has 0 aliphatic carbocycles. The van der Waals surface area contributed by atoms with Gasteiger partial charge in [-0.15, -0.1) is 6.07 Å². The summed E-state index contributed by atoms with van der Waals surface area (Å²) < 4.78 is 4.24. The van der Waals surface area contributed by atoms with Crippen molar-refractivity contribution in [2.45, 2.75) is 0 Å². The number of fused-ring (bicyclic) bond motifs is 1. The van der Waals surface area contributed by atoms with Gasteiger partial charge in [0.15, 0.2) is 11.8 Å². The molecule has 0 saturated carbocycles. The third kappa shape index (κ3) is 2.07. The smallest absolute Gasteiger partial charge is 0.182 e. The van der Waals surface area contributed by atoms with E-state index in [2.05, 4.69) is 52.7 Å². The second kappa shape index (κ2) is 4.97. The molecular weight excluding hydrogens is 400 g/mol. The van der Waals surface area contributed by atoms with Gasteiger partial charge >= 0.3 is 0 Å². The third-order valence-corrected chi connectivity index (χ3v) is 2.99. The Morgan fingerprint density at radius 3 is 2.61 bits per heavy atom. The van der Waals surface area contributed by atoms with Gasteiger partial charge in [-0.05, 0) is 12.1 Å². The van der Waals surface area contributed by atoms with Gasteiger partial charge in [0, 0.05) is 33.2 Å². The van der Waals surface area contributed by atoms with E-state index in [1.165, 1.54) is 16.8 Å². The number of benzene rings is 1. The summed E-state index contributed by atoms with van der Waals surface area (Å²) in [6, 6.07) is 14.5. The monoisotopic (exact) mass is 415 g/mol. The number of aryl methyl sites for hydroxylation is 1. The Morgan fingerprint density at radius 2 is 1.83 bits per heavy atom. The van der Waals surface area contributed by atoms with Crippen LogP contribution >= 0.6 is 0 Å². The molecule has 0 atom stereocenters. The molecule has 3 aromatic rings. The van der Waals surface area contributed by atoms with Crippen LogP contribution in [0.25, 0.3) is 16.8 Å². The minimum absolute atomic E-state index is 0. The minimum Gasteiger partial charge on any atom is -0.254 e. The fourth-order valence-electron chi connectivity index (χ4n) is 2.19. The van der Waals surface area contributed by atoms with Crippen molar-refractivity contribution in [3.8, 4) is 11.3 Å². The van der Waals surface area contributed by atoms with Crippen molar-refractivity contribution in [2.24, 2.45) is 7.05 Å². The molecule has 0 aliphatic rings. The molecular formula is C15H14IrN2. The molecule has 3 heteroatoms. The summed E-state index contributed by atoms with van der Waals surface area (Å²) in [4.78, 5) is 0. The predicted molar refractivity (Wildman–Crippen MR) is 70.7 cm³/mol. The summed E-state index contributed by atoms with van der Waals surface area (Å²) in [7, 11) is 2.03. The number of hydrogen-bond donors (Lipinski definition) is 0. The predicted octanol–water partition coefficient (Wildman–Crippen LogP) is 3.41. The quantitative estimate of drug-likeness (QED) is 0.540. The number of nitrogens with zero attached hydrogens (tertiary/aromatic N) is 2. The van der Waals surface area contributed by atoms with Crippen LogP contribution in [0.4, 0.5) is 0 Å². The van der Waals surface area contributed by atoms with Crippen molar-refractivity contribution in [2.75, 3.05) is 0 Å². The molecule has 0 saturated heterocycles. The summed E-state index contributed by atoms with van der Waals surface area (Å²) in [5.41, 5.74) is 4.59. The van der Waals surface area contributed by atoms with Crippen molar-refractivity contribution >= 4 is 5.52 Å². The molecule has 2 heterocycles. The molecule has 18 heavy (non-hydrogen) atoms. The van der Waals surface area contributed by atoms with Crippen LogP contribution in [0.1, 0.15) is 5.56 Å². The molecule has 3 rings (SSSR count). The maximum Gasteiger partial charge on any atom is 0.182 e. The maximum absolute atomic E-state index is 4.09. The molecule has 1 radical (unpaired) electrons. The number of pyridine rings is 1. The Balaban J connectivity index is 0.00000120. The number of hydrogen-bond acceptors (Lipinski definition) is 0. The summed E-state index contributed by atoms with van der Waals surface area (Å²) in [6.07, 6.45) is 4.19. The van der Waals surface area contributed by atoms with Crippen LogP contribution in [0.2, 0.25) is 0 Å². The zero-order valence-electron chi connectivity index (χ0n) is 10.1. The first kappa shape index (κ1) is 12.9. The van der Waals surface area contributed by atoms with Crippen molar-refractivity contribution < 1.29 is 20.1 Å². The third-order valence-electron chi connectivity index (χ3n) is 2.99. The second-order valence-electron chi connectivity index (χ2n) is 4.27. The van der Waals surface area contributed by atoms with Gasteiger partial charge in [-0.1, -0.05) is 17.7 Å². The van der Waals surface area contributed by atoms with Gasteiger partial charge < -0.3 is 0 Å². The van der Waals surface area contributed by atoms with E-state index in [4.69, 9.17) is 0 Å². The number of imidazole rings is 1. The van der Waals surface area contributed by atoms with Crippen LogP contribution in [0.15, 0.2) is 55.0 Å². The summed E-state index contributed by atoms with van der Waals surface area (Å²) in [6.45, 7) is 4.09. The standard InChI is InChI=1S/C15H14N2.Ir/c1-12-6-3-4-8-14(12)15-9-5-7-13-10-16(2)11-17(13)15;/h3-11H,1H2,2H3;. The van der Waals surface area contributed by atoms with E-state index in [1.807, 2.05) is 25.2 Å². The van der Waals surface area contributed by atoms with Crippen molar-refractivity contribution in [1.29, 1.82) is 0 Å². The fraction of sp³-hybridized carbons (Fsp3) is 0.0667. The van der Waals surface area contributed by atoms with E-state index in [-0.39, 0.29) is 20.1 Å². The summed E-state index contributed by atoms with van der Waals surface area (Å²) >= 11 is 0. The van der Waals surface area contributed by atoms with E-state index in [0.717, 1.165) is 5.56 Å². The minimum atomic E-state index is 0. The zero-order valence-corrected chi connectivity index (χ0v) is 12.5. The van der Waals surface area contributed by atoms with E-state index in [9.17, 15) is 0 Å². The summed E-state index contributed by atoms with van der Waals surface area (Å²) in [5, 5.41) is 0. The van der Waals surface area contributed by atoms with Gasteiger partial charge in [-0.25, -0.2) is 0 Å². The molecule has 2 nitrogen and oxygen atoms in total. The second-order valence-corrected chi connectivity index (χ2v) is 4.27. The molecule has 1 aromatic carbocycles. The average Bonchev–Trinajstić information content (AvgIpc) is 2.70. The van der Waals surface area contributed by atoms with Crippen molar-refractivity contribution in [3.63, 3.8) is 0 Å². The Labute approximate surface area is 120 Å². The van der Waals surface area contributed by atoms with E-state index in [0.29, 0.717) is 0 Å². The molecule has 0 amide bonds. The zero-order chi connectivity index (χ0) is 11.8. The van der Waals surface area contributed by atoms with E-state index < -0.39 is 0 Å². The molecule has 93 valence electrons. The number of aromatic nitrogens is 2. The van der Waals surface area contributed by atoms with E-state index in [1.54, 1.807) is 0 Å². The van der Waals surface area contributed by atoms with Gasteiger partial charge in [0.05, 0.1) is 5.69 Å². The van der Waals surface area contributed by atoms with Gasteiger partial charge in [-0.3, -0.25) is 4.57 Å². The molecule has 0 bridgehead atoms. The van der Waals surface area contributed by atoms with Gasteiger partial charge in [0.25, 0.3) is 0 Å². The maximum atomic E-state index is 4.09. The molecule has 0 fully saturated rings. The molecule has 0 spiro atoms. The molecule has 0 N–H and O–H groups in total. The first-order valence-electron chi connectivity index (χ1n) is 5.63. The SMILES string of the molecule is [CH2-]c1ccccc1-c1cccc2cn(C)[cH+]n12.[Ir]. The first-order valence-corrected chi connectivity index (χ1v) is 5.63. The average molecular weight is 415 g/mol. The normalized spacial score (nSPS) is 10.3. The van der Waals surface area contributed by atoms with Crippen LogP contribution in [0.3, 0.4) is 0 Å². The number of rotatable bonds is 1. The van der Waals surface area contributed by atoms with Crippen molar-refractivity contribution in [3.05, 3.63) is 67.5 Å². The van der Waals surface area contributed by atoms with Crippen LogP contribution in [0.5, 0.6) is 0 Å². The Morgan fingerprint density at radius 1 is 1.06 bits per heavy atom. The van der Waals surface area contributed by atoms with Crippen molar-refractivity contribution in [1.82, 2.24) is 8.97 Å². The van der Waals surface area contributed by atoms with Crippen LogP contribution in [0, 0.1) is 6.92 Å². The molecule has 0 aliphatic heterocycles. The van der Waals surface area contributed by atoms with Gasteiger partial charge in [-0.2, -0.15) is 23.0 Å². The van der Waals surface area contributed by atoms with Crippen LogP contribution in [-0.2, 0) is 27.2 Å². The Hall–Kier alpha value is -1.57. The molecule has 0 unspecified atom stereocenters. The fourth-order valence-corrected chi connectivity index (χ4v) is 2.19. The van der Waals surface area contributed by atoms with E-state index >= 15 is 0 Å². The van der Waals surface area contributed by atoms with Crippen LogP contribution in [-0.4, -0.2) is 8.97 Å². The summed E-state index contributed by atoms with van der Waals surface area (Å²) in [5.74, 6) is 0. The first-order chi connectivity index (χ1) is 8.25. The topological polar surface area (TPSA) is 9.34 Å². The molecule has 2 aromatic heterocycles. The Bertz CT molecular complexity index is 686. The van der Waals surface area contributed by atoms with Gasteiger partial charge in [0.1, 0.15) is 6.20 Å². The largest absolute Gasteiger partial charge is 0.254 e. The van der Waals surface area contributed by atoms with Gasteiger partial charge in [0.2, 0.25) is 0 Å².